The van der Waals surface area contributed by atoms with Crippen molar-refractivity contribution in [3.63, 3.8) is 0 Å². The number of carbonyl (C=O) groups excluding carboxylic acids is 1. The molecule has 0 fully saturated rings. The van der Waals surface area contributed by atoms with Crippen molar-refractivity contribution in [1.82, 2.24) is 0 Å². The smallest absolute Gasteiger partial charge is 0.230 e. The lowest BCUT2D eigenvalue weighted by molar-refractivity contribution is -0.122. The van der Waals surface area contributed by atoms with E-state index in [1.54, 1.807) is 17.0 Å². The first-order valence-corrected chi connectivity index (χ1v) is 12.5. The van der Waals surface area contributed by atoms with E-state index in [9.17, 15) is 22.2 Å². The average Bonchev–Trinajstić information content (AvgIpc) is 3.36. The Labute approximate surface area is 190 Å². The number of anilines is 1. The first-order chi connectivity index (χ1) is 15.6. The first-order valence-electron chi connectivity index (χ1n) is 10.6. The summed E-state index contributed by atoms with van der Waals surface area (Å²) in [6, 6.07) is 11.4. The van der Waals surface area contributed by atoms with Crippen LogP contribution >= 0.6 is 0 Å². The summed E-state index contributed by atoms with van der Waals surface area (Å²) in [5.74, 6) is -2.17. The van der Waals surface area contributed by atoms with Crippen molar-refractivity contribution in [2.45, 2.75) is 24.2 Å². The van der Waals surface area contributed by atoms with Crippen LogP contribution in [0.2, 0.25) is 0 Å². The highest BCUT2D eigenvalue weighted by molar-refractivity contribution is 7.91. The summed E-state index contributed by atoms with van der Waals surface area (Å²) in [7, 11) is -3.27. The number of rotatable bonds is 3. The fourth-order valence-electron chi connectivity index (χ4n) is 4.81. The fraction of sp³-hybridized carbons (Fsp3) is 0.240. The zero-order valence-electron chi connectivity index (χ0n) is 17.8. The molecule has 1 amide bonds. The fourth-order valence-corrected chi connectivity index (χ4v) is 5.58. The Morgan fingerprint density at radius 3 is 2.48 bits per heavy atom. The number of amides is 1. The lowest BCUT2D eigenvalue weighted by Crippen LogP contribution is -2.35. The van der Waals surface area contributed by atoms with Gasteiger partial charge in [0.25, 0.3) is 0 Å². The Hall–Kier alpha value is -3.13. The maximum absolute atomic E-state index is 14.3. The number of nitrogens with one attached hydrogen (secondary N) is 1. The van der Waals surface area contributed by atoms with Crippen molar-refractivity contribution >= 4 is 21.3 Å². The molecule has 0 radical (unpaired) electrons. The van der Waals surface area contributed by atoms with Gasteiger partial charge in [0, 0.05) is 30.0 Å². The summed E-state index contributed by atoms with van der Waals surface area (Å²) in [6.45, 7) is 0.395. The van der Waals surface area contributed by atoms with Crippen LogP contribution in [0.3, 0.4) is 0 Å². The molecule has 170 valence electrons. The van der Waals surface area contributed by atoms with Crippen molar-refractivity contribution < 1.29 is 22.2 Å². The lowest BCUT2D eigenvalue weighted by atomic mass is 10.00. The Morgan fingerprint density at radius 1 is 0.970 bits per heavy atom. The van der Waals surface area contributed by atoms with Gasteiger partial charge in [-0.15, -0.1) is 0 Å². The van der Waals surface area contributed by atoms with Gasteiger partial charge in [-0.2, -0.15) is 0 Å². The van der Waals surface area contributed by atoms with Gasteiger partial charge in [0.05, 0.1) is 14.6 Å². The van der Waals surface area contributed by atoms with Gasteiger partial charge >= 0.3 is 0 Å². The zero-order chi connectivity index (χ0) is 23.5. The third-order valence-electron chi connectivity index (χ3n) is 6.44. The Balaban J connectivity index is 1.42. The van der Waals surface area contributed by atoms with Crippen LogP contribution in [0.15, 0.2) is 53.4 Å². The number of nitrogens with zero attached hydrogens (tertiary/aromatic N) is 1. The predicted molar refractivity (Wildman–Crippen MR) is 120 cm³/mol. The largest absolute Gasteiger partial charge is 0.312 e. The van der Waals surface area contributed by atoms with Crippen LogP contribution in [0, 0.1) is 28.1 Å². The quantitative estimate of drug-likeness (QED) is 0.578. The maximum Gasteiger partial charge on any atom is 0.230 e. The van der Waals surface area contributed by atoms with E-state index in [0.717, 1.165) is 35.6 Å². The van der Waals surface area contributed by atoms with Crippen molar-refractivity contribution in [1.29, 1.82) is 4.78 Å². The lowest BCUT2D eigenvalue weighted by Gasteiger charge is -2.22. The molecule has 0 saturated carbocycles. The third-order valence-corrected chi connectivity index (χ3v) is 7.59. The molecule has 0 saturated heterocycles. The molecule has 8 heteroatoms. The summed E-state index contributed by atoms with van der Waals surface area (Å²) < 4.78 is 62.1. The SMILES string of the molecule is C[S@](=N)(=O)c1cc2c(cc1F)CCN2C(=O)[C@@H]1Cc2ccc(-c3cc(F)ccc3F)cc2C1. The van der Waals surface area contributed by atoms with E-state index >= 15 is 0 Å². The van der Waals surface area contributed by atoms with Crippen molar-refractivity contribution in [2.75, 3.05) is 17.7 Å². The molecule has 0 unspecified atom stereocenters. The van der Waals surface area contributed by atoms with Gasteiger partial charge in [-0.3, -0.25) is 4.79 Å². The number of hydrogen-bond acceptors (Lipinski definition) is 3. The van der Waals surface area contributed by atoms with E-state index in [2.05, 4.69) is 0 Å². The molecule has 1 heterocycles. The van der Waals surface area contributed by atoms with Gasteiger partial charge in [0.2, 0.25) is 5.91 Å². The normalized spacial score (nSPS) is 18.7. The Kier molecular flexibility index (Phi) is 5.08. The van der Waals surface area contributed by atoms with Gasteiger partial charge in [-0.1, -0.05) is 18.2 Å². The predicted octanol–water partition coefficient (Wildman–Crippen LogP) is 5.11. The topological polar surface area (TPSA) is 61.2 Å². The van der Waals surface area contributed by atoms with Gasteiger partial charge in [0.15, 0.2) is 0 Å². The molecule has 0 aromatic heterocycles. The summed E-state index contributed by atoms with van der Waals surface area (Å²) >= 11 is 0. The van der Waals surface area contributed by atoms with Gasteiger partial charge in [0.1, 0.15) is 17.5 Å². The first kappa shape index (κ1) is 21.7. The molecule has 4 nitrogen and oxygen atoms in total. The minimum Gasteiger partial charge on any atom is -0.312 e. The number of benzene rings is 3. The highest BCUT2D eigenvalue weighted by Gasteiger charge is 2.35. The summed E-state index contributed by atoms with van der Waals surface area (Å²) in [5.41, 5.74) is 3.80. The van der Waals surface area contributed by atoms with Crippen LogP contribution < -0.4 is 4.90 Å². The monoisotopic (exact) mass is 470 g/mol. The average molecular weight is 471 g/mol. The third kappa shape index (κ3) is 3.82. The molecular formula is C25H21F3N2O2S. The van der Waals surface area contributed by atoms with Crippen LogP contribution in [-0.4, -0.2) is 22.9 Å². The molecule has 33 heavy (non-hydrogen) atoms. The van der Waals surface area contributed by atoms with Crippen molar-refractivity contribution in [3.05, 3.63) is 82.7 Å². The van der Waals surface area contributed by atoms with Crippen LogP contribution in [0.25, 0.3) is 11.1 Å². The molecule has 2 aliphatic rings. The van der Waals surface area contributed by atoms with E-state index in [1.807, 2.05) is 6.07 Å². The molecule has 1 aliphatic carbocycles. The number of halogens is 3. The molecular weight excluding hydrogens is 449 g/mol. The molecule has 0 bridgehead atoms. The second-order valence-electron chi connectivity index (χ2n) is 8.71. The van der Waals surface area contributed by atoms with Gasteiger partial charge in [-0.25, -0.2) is 22.2 Å². The van der Waals surface area contributed by atoms with Crippen molar-refractivity contribution in [2.24, 2.45) is 5.92 Å². The molecule has 3 aromatic rings. The highest BCUT2D eigenvalue weighted by Crippen LogP contribution is 2.37. The number of fused-ring (bicyclic) bond motifs is 2. The maximum atomic E-state index is 14.3. The second kappa shape index (κ2) is 7.73. The van der Waals surface area contributed by atoms with E-state index in [1.165, 1.54) is 12.1 Å². The standard InChI is InChI=1S/C25H21F3N2O2S/c1-33(29,32)24-13-23-16(11-22(24)28)6-7-30(23)25(31)18-8-14-2-3-15(9-17(14)10-18)20-12-19(26)4-5-21(20)27/h2-5,9,11-13,18,29H,6-8,10H2,1H3/t18-,33+/m1/s1. The van der Waals surface area contributed by atoms with Crippen LogP contribution in [0.1, 0.15) is 16.7 Å². The minimum absolute atomic E-state index is 0.117. The van der Waals surface area contributed by atoms with E-state index < -0.39 is 27.2 Å². The Bertz CT molecular complexity index is 1420. The second-order valence-corrected chi connectivity index (χ2v) is 10.8. The Morgan fingerprint density at radius 2 is 1.73 bits per heavy atom. The molecule has 0 spiro atoms. The van der Waals surface area contributed by atoms with E-state index in [4.69, 9.17) is 4.78 Å². The molecule has 1 aliphatic heterocycles. The van der Waals surface area contributed by atoms with Gasteiger partial charge < -0.3 is 4.90 Å². The molecule has 1 N–H and O–H groups in total. The molecule has 3 aromatic carbocycles. The van der Waals surface area contributed by atoms with E-state index in [-0.39, 0.29) is 22.3 Å². The van der Waals surface area contributed by atoms with Crippen LogP contribution in [-0.2, 0) is 33.8 Å². The summed E-state index contributed by atoms with van der Waals surface area (Å²) in [5, 5.41) is 0. The van der Waals surface area contributed by atoms with Gasteiger partial charge in [-0.05, 0) is 71.8 Å². The summed E-state index contributed by atoms with van der Waals surface area (Å²) in [4.78, 5) is 14.8. The van der Waals surface area contributed by atoms with E-state index in [0.29, 0.717) is 42.6 Å². The summed E-state index contributed by atoms with van der Waals surface area (Å²) in [6.07, 6.45) is 2.63. The number of hydrogen-bond donors (Lipinski definition) is 1. The molecule has 2 atom stereocenters. The zero-order valence-corrected chi connectivity index (χ0v) is 18.6. The van der Waals surface area contributed by atoms with Crippen LogP contribution in [0.5, 0.6) is 0 Å². The minimum atomic E-state index is -3.27. The number of carbonyl (C=O) groups is 1. The molecule has 5 rings (SSSR count). The van der Waals surface area contributed by atoms with Crippen molar-refractivity contribution in [3.8, 4) is 11.1 Å². The van der Waals surface area contributed by atoms with Crippen LogP contribution in [0.4, 0.5) is 18.9 Å². The highest BCUT2D eigenvalue weighted by atomic mass is 32.2.